The summed E-state index contributed by atoms with van der Waals surface area (Å²) < 4.78 is 6.84. The molecule has 70 valence electrons. The fourth-order valence-electron chi connectivity index (χ4n) is 1.39. The zero-order valence-corrected chi connectivity index (χ0v) is 7.37. The number of nitrogens with zero attached hydrogens (tertiary/aromatic N) is 4. The Hall–Kier alpha value is -1.75. The van der Waals surface area contributed by atoms with Gasteiger partial charge in [0.05, 0.1) is 12.3 Å². The molecule has 1 aromatic carbocycles. The van der Waals surface area contributed by atoms with Crippen LogP contribution in [0.5, 0.6) is 0 Å². The van der Waals surface area contributed by atoms with Crippen molar-refractivity contribution in [3.63, 3.8) is 0 Å². The van der Waals surface area contributed by atoms with Crippen molar-refractivity contribution in [2.75, 3.05) is 6.61 Å². The molecule has 5 nitrogen and oxygen atoms in total. The van der Waals surface area contributed by atoms with Gasteiger partial charge in [-0.15, -0.1) is 5.10 Å². The van der Waals surface area contributed by atoms with Gasteiger partial charge in [0, 0.05) is 0 Å². The van der Waals surface area contributed by atoms with Crippen LogP contribution in [0, 0.1) is 0 Å². The molecule has 0 radical (unpaired) electrons. The average molecular weight is 188 g/mol. The summed E-state index contributed by atoms with van der Waals surface area (Å²) in [4.78, 5) is 0. The number of ether oxygens (including phenoxy) is 1. The molecule has 1 aliphatic heterocycles. The van der Waals surface area contributed by atoms with E-state index in [0.717, 1.165) is 12.3 Å². The Morgan fingerprint density at radius 1 is 1.43 bits per heavy atom. The molecule has 2 heterocycles. The molecule has 0 amide bonds. The first-order chi connectivity index (χ1) is 6.93. The van der Waals surface area contributed by atoms with Gasteiger partial charge in [0.1, 0.15) is 12.4 Å². The number of tetrazole rings is 1. The first kappa shape index (κ1) is 7.64. The van der Waals surface area contributed by atoms with Gasteiger partial charge in [0.15, 0.2) is 0 Å². The molecule has 1 fully saturated rings. The van der Waals surface area contributed by atoms with Gasteiger partial charge in [-0.2, -0.15) is 0 Å². The third kappa shape index (κ3) is 1.27. The summed E-state index contributed by atoms with van der Waals surface area (Å²) in [6.07, 6.45) is 1.85. The van der Waals surface area contributed by atoms with E-state index in [4.69, 9.17) is 4.74 Å². The van der Waals surface area contributed by atoms with E-state index in [1.54, 1.807) is 11.0 Å². The van der Waals surface area contributed by atoms with E-state index >= 15 is 0 Å². The minimum absolute atomic E-state index is 0.270. The summed E-state index contributed by atoms with van der Waals surface area (Å²) in [7, 11) is 0. The van der Waals surface area contributed by atoms with E-state index < -0.39 is 0 Å². The number of benzene rings is 1. The Morgan fingerprint density at radius 3 is 3.07 bits per heavy atom. The Bertz CT molecular complexity index is 436. The van der Waals surface area contributed by atoms with E-state index in [0.29, 0.717) is 0 Å². The van der Waals surface area contributed by atoms with Crippen LogP contribution >= 0.6 is 0 Å². The van der Waals surface area contributed by atoms with E-state index in [1.165, 1.54) is 5.56 Å². The van der Waals surface area contributed by atoms with Crippen molar-refractivity contribution in [3.8, 4) is 5.69 Å². The lowest BCUT2D eigenvalue weighted by Gasteiger charge is -2.00. The van der Waals surface area contributed by atoms with Crippen LogP contribution in [0.15, 0.2) is 30.6 Å². The molecule has 1 aliphatic rings. The van der Waals surface area contributed by atoms with E-state index in [-0.39, 0.29) is 6.10 Å². The van der Waals surface area contributed by atoms with Crippen LogP contribution in [0.3, 0.4) is 0 Å². The Morgan fingerprint density at radius 2 is 2.36 bits per heavy atom. The van der Waals surface area contributed by atoms with Crippen LogP contribution in [-0.4, -0.2) is 26.8 Å². The molecule has 1 atom stereocenters. The SMILES string of the molecule is c1cc([C@@H]2CO2)cc(-n2cnnn2)c1. The second-order valence-corrected chi connectivity index (χ2v) is 3.17. The lowest BCUT2D eigenvalue weighted by molar-refractivity contribution is 0.415. The Balaban J connectivity index is 2.02. The van der Waals surface area contributed by atoms with Crippen LogP contribution in [-0.2, 0) is 4.74 Å². The maximum Gasteiger partial charge on any atom is 0.143 e. The van der Waals surface area contributed by atoms with Crippen LogP contribution in [0.25, 0.3) is 5.69 Å². The second-order valence-electron chi connectivity index (χ2n) is 3.17. The summed E-state index contributed by atoms with van der Waals surface area (Å²) in [6, 6.07) is 8.02. The number of rotatable bonds is 2. The standard InChI is InChI=1S/C9H8N4O/c1-2-7(9-5-14-9)4-8(3-1)13-6-10-11-12-13/h1-4,6,9H,5H2/t9-/m0/s1. The molecule has 3 rings (SSSR count). The minimum atomic E-state index is 0.270. The molecule has 14 heavy (non-hydrogen) atoms. The molecule has 0 spiro atoms. The quantitative estimate of drug-likeness (QED) is 0.652. The molecular formula is C9H8N4O. The highest BCUT2D eigenvalue weighted by atomic mass is 16.6. The number of aromatic nitrogens is 4. The predicted molar refractivity (Wildman–Crippen MR) is 47.8 cm³/mol. The van der Waals surface area contributed by atoms with Gasteiger partial charge in [-0.25, -0.2) is 4.68 Å². The zero-order chi connectivity index (χ0) is 9.38. The van der Waals surface area contributed by atoms with E-state index in [9.17, 15) is 0 Å². The van der Waals surface area contributed by atoms with Gasteiger partial charge in [-0.3, -0.25) is 0 Å². The molecular weight excluding hydrogens is 180 g/mol. The van der Waals surface area contributed by atoms with Gasteiger partial charge >= 0.3 is 0 Å². The topological polar surface area (TPSA) is 56.1 Å². The van der Waals surface area contributed by atoms with E-state index in [1.807, 2.05) is 24.3 Å². The molecule has 1 aromatic heterocycles. The summed E-state index contributed by atoms with van der Waals surface area (Å²) in [5, 5.41) is 11.0. The maximum atomic E-state index is 5.21. The van der Waals surface area contributed by atoms with E-state index in [2.05, 4.69) is 15.5 Å². The first-order valence-electron chi connectivity index (χ1n) is 4.38. The zero-order valence-electron chi connectivity index (χ0n) is 7.37. The summed E-state index contributed by atoms with van der Waals surface area (Å²) in [5.41, 5.74) is 2.14. The van der Waals surface area contributed by atoms with Crippen LogP contribution in [0.1, 0.15) is 11.7 Å². The Labute approximate surface area is 80.3 Å². The van der Waals surface area contributed by atoms with Crippen molar-refractivity contribution >= 4 is 0 Å². The third-order valence-corrected chi connectivity index (χ3v) is 2.19. The first-order valence-corrected chi connectivity index (χ1v) is 4.38. The normalized spacial score (nSPS) is 19.6. The van der Waals surface area contributed by atoms with Gasteiger partial charge in [0.2, 0.25) is 0 Å². The fraction of sp³-hybridized carbons (Fsp3) is 0.222. The number of epoxide rings is 1. The smallest absolute Gasteiger partial charge is 0.143 e. The van der Waals surface area contributed by atoms with Crippen molar-refractivity contribution in [2.45, 2.75) is 6.10 Å². The van der Waals surface area contributed by atoms with Gasteiger partial charge in [-0.1, -0.05) is 12.1 Å². The molecule has 0 saturated carbocycles. The molecule has 2 aromatic rings. The monoisotopic (exact) mass is 188 g/mol. The van der Waals surface area contributed by atoms with Gasteiger partial charge in [-0.05, 0) is 28.1 Å². The fourth-order valence-corrected chi connectivity index (χ4v) is 1.39. The van der Waals surface area contributed by atoms with Gasteiger partial charge in [0.25, 0.3) is 0 Å². The summed E-state index contributed by atoms with van der Waals surface area (Å²) >= 11 is 0. The minimum Gasteiger partial charge on any atom is -0.368 e. The lowest BCUT2D eigenvalue weighted by atomic mass is 10.1. The highest BCUT2D eigenvalue weighted by Gasteiger charge is 2.24. The third-order valence-electron chi connectivity index (χ3n) is 2.19. The highest BCUT2D eigenvalue weighted by molar-refractivity contribution is 5.36. The molecule has 0 bridgehead atoms. The van der Waals surface area contributed by atoms with Crippen molar-refractivity contribution in [1.82, 2.24) is 20.2 Å². The summed E-state index contributed by atoms with van der Waals surface area (Å²) in [6.45, 7) is 0.819. The molecule has 0 N–H and O–H groups in total. The molecule has 1 saturated heterocycles. The summed E-state index contributed by atoms with van der Waals surface area (Å²) in [5.74, 6) is 0. The largest absolute Gasteiger partial charge is 0.368 e. The predicted octanol–water partition coefficient (Wildman–Crippen LogP) is 0.734. The van der Waals surface area contributed by atoms with Crippen LogP contribution < -0.4 is 0 Å². The van der Waals surface area contributed by atoms with Crippen molar-refractivity contribution in [1.29, 1.82) is 0 Å². The van der Waals surface area contributed by atoms with Crippen LogP contribution in [0.4, 0.5) is 0 Å². The number of hydrogen-bond donors (Lipinski definition) is 0. The highest BCUT2D eigenvalue weighted by Crippen LogP contribution is 2.30. The number of hydrogen-bond acceptors (Lipinski definition) is 4. The molecule has 5 heteroatoms. The Kier molecular flexibility index (Phi) is 1.57. The van der Waals surface area contributed by atoms with Crippen molar-refractivity contribution in [3.05, 3.63) is 36.2 Å². The van der Waals surface area contributed by atoms with Crippen molar-refractivity contribution < 1.29 is 4.74 Å². The van der Waals surface area contributed by atoms with Gasteiger partial charge < -0.3 is 4.74 Å². The van der Waals surface area contributed by atoms with Crippen LogP contribution in [0.2, 0.25) is 0 Å². The lowest BCUT2D eigenvalue weighted by Crippen LogP contribution is -1.95. The molecule has 0 aliphatic carbocycles. The second kappa shape index (κ2) is 2.88. The maximum absolute atomic E-state index is 5.21. The average Bonchev–Trinajstić information content (AvgIpc) is 2.94. The van der Waals surface area contributed by atoms with Crippen molar-refractivity contribution in [2.24, 2.45) is 0 Å². The molecule has 0 unspecified atom stereocenters.